The van der Waals surface area contributed by atoms with Crippen molar-refractivity contribution < 1.29 is 36.2 Å². The summed E-state index contributed by atoms with van der Waals surface area (Å²) in [6.07, 6.45) is -0.928. The molecule has 0 aliphatic rings. The molecule has 0 unspecified atom stereocenters. The van der Waals surface area contributed by atoms with Crippen LogP contribution in [0, 0.1) is 0 Å². The van der Waals surface area contributed by atoms with Crippen LogP contribution in [-0.4, -0.2) is 40.3 Å². The minimum absolute atomic E-state index is 0.0138. The Balaban J connectivity index is 1.68. The number of hydrogen-bond acceptors (Lipinski definition) is 7. The maximum atomic E-state index is 12.5. The molecule has 0 atom stereocenters. The summed E-state index contributed by atoms with van der Waals surface area (Å²) < 4.78 is 70.6. The summed E-state index contributed by atoms with van der Waals surface area (Å²) in [5, 5.41) is 5.16. The highest BCUT2D eigenvalue weighted by atomic mass is 19.4. The zero-order chi connectivity index (χ0) is 23.1. The number of amides is 1. The zero-order valence-corrected chi connectivity index (χ0v) is 15.9. The van der Waals surface area contributed by atoms with Crippen LogP contribution in [-0.2, 0) is 0 Å². The first-order chi connectivity index (χ1) is 15.2. The second-order valence-electron chi connectivity index (χ2n) is 6.02. The molecular weight excluding hydrogens is 441 g/mol. The predicted octanol–water partition coefficient (Wildman–Crippen LogP) is 4.41. The van der Waals surface area contributed by atoms with Crippen LogP contribution in [0.3, 0.4) is 0 Å². The maximum absolute atomic E-state index is 12.5. The Labute approximate surface area is 177 Å². The van der Waals surface area contributed by atoms with Gasteiger partial charge >= 0.3 is 12.8 Å². The number of pyridine rings is 1. The van der Waals surface area contributed by atoms with Gasteiger partial charge in [-0.3, -0.25) is 9.78 Å². The molecule has 0 aliphatic carbocycles. The number of nitrogens with one attached hydrogen (secondary N) is 2. The summed E-state index contributed by atoms with van der Waals surface area (Å²) in [7, 11) is 0. The fourth-order valence-electron chi connectivity index (χ4n) is 2.34. The number of benzene rings is 1. The molecule has 0 aliphatic heterocycles. The molecular formula is C19H14F5N5O3. The smallest absolute Gasteiger partial charge is 0.422 e. The van der Waals surface area contributed by atoms with E-state index >= 15 is 0 Å². The van der Waals surface area contributed by atoms with E-state index < -0.39 is 25.3 Å². The molecule has 2 heterocycles. The lowest BCUT2D eigenvalue weighted by molar-refractivity contribution is -0.153. The highest BCUT2D eigenvalue weighted by Gasteiger charge is 2.29. The summed E-state index contributed by atoms with van der Waals surface area (Å²) >= 11 is 0. The Bertz CT molecular complexity index is 1060. The topological polar surface area (TPSA) is 98.3 Å². The Morgan fingerprint density at radius 1 is 1.06 bits per heavy atom. The normalized spacial score (nSPS) is 11.2. The molecule has 3 aromatic rings. The molecule has 3 rings (SSSR count). The van der Waals surface area contributed by atoms with Crippen LogP contribution in [0.2, 0.25) is 0 Å². The molecule has 0 saturated carbocycles. The molecule has 0 bridgehead atoms. The van der Waals surface area contributed by atoms with E-state index in [0.29, 0.717) is 5.69 Å². The van der Waals surface area contributed by atoms with Gasteiger partial charge in [0, 0.05) is 24.1 Å². The lowest BCUT2D eigenvalue weighted by Crippen LogP contribution is -2.21. The Hall–Kier alpha value is -4.03. The van der Waals surface area contributed by atoms with E-state index in [9.17, 15) is 26.7 Å². The van der Waals surface area contributed by atoms with E-state index in [4.69, 9.17) is 4.74 Å². The van der Waals surface area contributed by atoms with E-state index in [1.165, 1.54) is 48.8 Å². The molecule has 0 fully saturated rings. The molecule has 1 aromatic carbocycles. The molecule has 32 heavy (non-hydrogen) atoms. The first-order valence-electron chi connectivity index (χ1n) is 8.79. The summed E-state index contributed by atoms with van der Waals surface area (Å²) in [6, 6.07) is 7.94. The van der Waals surface area contributed by atoms with Crippen LogP contribution in [0.1, 0.15) is 10.5 Å². The molecule has 168 valence electrons. The Kier molecular flexibility index (Phi) is 6.97. The molecule has 0 spiro atoms. The average Bonchev–Trinajstić information content (AvgIpc) is 2.74. The molecule has 8 nitrogen and oxygen atoms in total. The van der Waals surface area contributed by atoms with Gasteiger partial charge in [0.25, 0.3) is 5.91 Å². The van der Waals surface area contributed by atoms with Crippen molar-refractivity contribution in [1.82, 2.24) is 15.0 Å². The second-order valence-corrected chi connectivity index (χ2v) is 6.02. The van der Waals surface area contributed by atoms with Gasteiger partial charge in [0.05, 0.1) is 6.20 Å². The van der Waals surface area contributed by atoms with Gasteiger partial charge in [-0.05, 0) is 30.3 Å². The van der Waals surface area contributed by atoms with Crippen molar-refractivity contribution >= 4 is 23.2 Å². The first kappa shape index (κ1) is 22.7. The standard InChI is InChI=1S/C19H14F5N5O3/c20-17(21)32-12-3-1-11(2-4-12)27-18-26-8-5-13(29-18)16(30)28-14-9-25-7-6-15(14)31-10-19(22,23)24/h1-9,17H,10H2,(H,28,30)(H,26,27,29). The first-order valence-corrected chi connectivity index (χ1v) is 8.79. The van der Waals surface area contributed by atoms with Crippen LogP contribution in [0.5, 0.6) is 11.5 Å². The summed E-state index contributed by atoms with van der Waals surface area (Å²) in [5.74, 6) is -0.996. The zero-order valence-electron chi connectivity index (χ0n) is 15.9. The molecule has 2 aromatic heterocycles. The number of carbonyl (C=O) groups excluding carboxylic acids is 1. The third kappa shape index (κ3) is 6.75. The number of nitrogens with zero attached hydrogens (tertiary/aromatic N) is 3. The predicted molar refractivity (Wildman–Crippen MR) is 102 cm³/mol. The van der Waals surface area contributed by atoms with Crippen LogP contribution >= 0.6 is 0 Å². The molecule has 1 amide bonds. The molecule has 13 heteroatoms. The van der Waals surface area contributed by atoms with Gasteiger partial charge in [-0.15, -0.1) is 0 Å². The highest BCUT2D eigenvalue weighted by Crippen LogP contribution is 2.26. The van der Waals surface area contributed by atoms with Crippen molar-refractivity contribution in [2.75, 3.05) is 17.2 Å². The summed E-state index contributed by atoms with van der Waals surface area (Å²) in [5.41, 5.74) is 0.245. The fourth-order valence-corrected chi connectivity index (χ4v) is 2.34. The number of hydrogen-bond donors (Lipinski definition) is 2. The monoisotopic (exact) mass is 455 g/mol. The van der Waals surface area contributed by atoms with Gasteiger partial charge in [-0.25, -0.2) is 9.97 Å². The van der Waals surface area contributed by atoms with E-state index in [0.717, 1.165) is 6.20 Å². The number of ether oxygens (including phenoxy) is 2. The largest absolute Gasteiger partial charge is 0.482 e. The van der Waals surface area contributed by atoms with Crippen LogP contribution in [0.4, 0.5) is 39.3 Å². The quantitative estimate of drug-likeness (QED) is 0.486. The number of halogens is 5. The number of anilines is 3. The summed E-state index contributed by atoms with van der Waals surface area (Å²) in [4.78, 5) is 24.2. The van der Waals surface area contributed by atoms with E-state index in [-0.39, 0.29) is 28.8 Å². The van der Waals surface area contributed by atoms with Crippen LogP contribution < -0.4 is 20.1 Å². The minimum atomic E-state index is -4.55. The van der Waals surface area contributed by atoms with Gasteiger partial charge in [0.15, 0.2) is 6.61 Å². The number of aromatic nitrogens is 3. The fraction of sp³-hybridized carbons (Fsp3) is 0.158. The number of carbonyl (C=O) groups is 1. The number of rotatable bonds is 8. The van der Waals surface area contributed by atoms with Crippen molar-refractivity contribution in [2.24, 2.45) is 0 Å². The maximum Gasteiger partial charge on any atom is 0.422 e. The van der Waals surface area contributed by atoms with Gasteiger partial charge in [0.2, 0.25) is 5.95 Å². The SMILES string of the molecule is O=C(Nc1cnccc1OCC(F)(F)F)c1ccnc(Nc2ccc(OC(F)F)cc2)n1. The average molecular weight is 455 g/mol. The molecule has 2 N–H and O–H groups in total. The summed E-state index contributed by atoms with van der Waals surface area (Å²) in [6.45, 7) is -4.49. The van der Waals surface area contributed by atoms with Gasteiger partial charge in [-0.2, -0.15) is 22.0 Å². The van der Waals surface area contributed by atoms with Crippen LogP contribution in [0.25, 0.3) is 0 Å². The van der Waals surface area contributed by atoms with E-state index in [1.807, 2.05) is 0 Å². The third-order valence-electron chi connectivity index (χ3n) is 3.64. The Morgan fingerprint density at radius 2 is 1.81 bits per heavy atom. The van der Waals surface area contributed by atoms with Crippen molar-refractivity contribution in [3.05, 3.63) is 60.7 Å². The molecule has 0 saturated heterocycles. The van der Waals surface area contributed by atoms with Crippen molar-refractivity contribution in [3.63, 3.8) is 0 Å². The van der Waals surface area contributed by atoms with Gasteiger partial charge < -0.3 is 20.1 Å². The minimum Gasteiger partial charge on any atom is -0.482 e. The number of alkyl halides is 5. The van der Waals surface area contributed by atoms with Gasteiger partial charge in [0.1, 0.15) is 22.9 Å². The lowest BCUT2D eigenvalue weighted by Gasteiger charge is -2.13. The van der Waals surface area contributed by atoms with Crippen molar-refractivity contribution in [2.45, 2.75) is 12.8 Å². The van der Waals surface area contributed by atoms with Crippen molar-refractivity contribution in [3.8, 4) is 11.5 Å². The van der Waals surface area contributed by atoms with Crippen molar-refractivity contribution in [1.29, 1.82) is 0 Å². The lowest BCUT2D eigenvalue weighted by atomic mass is 10.3. The second kappa shape index (κ2) is 9.85. The van der Waals surface area contributed by atoms with Gasteiger partial charge in [-0.1, -0.05) is 0 Å². The van der Waals surface area contributed by atoms with E-state index in [2.05, 4.69) is 30.3 Å². The third-order valence-corrected chi connectivity index (χ3v) is 3.64. The molecule has 0 radical (unpaired) electrons. The van der Waals surface area contributed by atoms with Crippen LogP contribution in [0.15, 0.2) is 55.0 Å². The Morgan fingerprint density at radius 3 is 2.50 bits per heavy atom. The van der Waals surface area contributed by atoms with E-state index in [1.54, 1.807) is 0 Å². The highest BCUT2D eigenvalue weighted by molar-refractivity contribution is 6.03.